The van der Waals surface area contributed by atoms with Crippen molar-refractivity contribution in [1.82, 2.24) is 19.6 Å². The molecule has 0 aliphatic rings. The Balaban J connectivity index is 0.00000304. The Labute approximate surface area is 227 Å². The number of hydrogen-bond acceptors (Lipinski definition) is 3. The van der Waals surface area contributed by atoms with Crippen molar-refractivity contribution in [3.05, 3.63) is 115 Å². The minimum Gasteiger partial charge on any atom is -0.276 e. The molecule has 184 valence electrons. The van der Waals surface area contributed by atoms with E-state index in [9.17, 15) is 0 Å². The smallest absolute Gasteiger partial charge is 0.276 e. The van der Waals surface area contributed by atoms with E-state index in [0.717, 1.165) is 40.1 Å². The van der Waals surface area contributed by atoms with E-state index in [4.69, 9.17) is 10.2 Å². The molecular formula is C30H29N5Pt. The quantitative estimate of drug-likeness (QED) is 0.172. The van der Waals surface area contributed by atoms with Crippen LogP contribution in [0.1, 0.15) is 50.9 Å². The van der Waals surface area contributed by atoms with E-state index >= 15 is 0 Å². The van der Waals surface area contributed by atoms with Crippen LogP contribution < -0.4 is 4.90 Å². The van der Waals surface area contributed by atoms with Gasteiger partial charge in [0.05, 0.1) is 0 Å². The fourth-order valence-electron chi connectivity index (χ4n) is 4.18. The number of para-hydroxylation sites is 3. The fourth-order valence-corrected chi connectivity index (χ4v) is 4.18. The molecule has 5 aromatic rings. The van der Waals surface area contributed by atoms with Gasteiger partial charge in [-0.2, -0.15) is 58.7 Å². The molecule has 0 N–H and O–H groups in total. The average Bonchev–Trinajstić information content (AvgIpc) is 3.52. The van der Waals surface area contributed by atoms with Crippen molar-refractivity contribution in [1.29, 1.82) is 0 Å². The first kappa shape index (κ1) is 25.7. The molecule has 5 nitrogen and oxygen atoms in total. The number of nitrogens with zero attached hydrogens (tertiary/aromatic N) is 5. The van der Waals surface area contributed by atoms with Gasteiger partial charge < -0.3 is 0 Å². The van der Waals surface area contributed by atoms with Gasteiger partial charge in [-0.25, -0.2) is 0 Å². The fraction of sp³-hybridized carbons (Fsp3) is 0.200. The van der Waals surface area contributed by atoms with Gasteiger partial charge in [0.25, 0.3) is 0 Å². The van der Waals surface area contributed by atoms with E-state index in [0.29, 0.717) is 0 Å². The van der Waals surface area contributed by atoms with Crippen LogP contribution in [-0.2, 0) is 21.1 Å². The predicted molar refractivity (Wildman–Crippen MR) is 141 cm³/mol. The summed E-state index contributed by atoms with van der Waals surface area (Å²) in [5.41, 5.74) is 5.07. The molecule has 0 unspecified atom stereocenters. The van der Waals surface area contributed by atoms with Gasteiger partial charge in [0.15, 0.2) is 11.6 Å². The standard InChI is InChI=1S/C30H29N5.Pt/c1-22(2)27-20-29(31-34(27)25-16-10-6-11-17-25)33(24-14-8-5-9-15-24)30-21-28(23(3)4)35(32-30)26-18-12-7-13-19-26;/h5-16,18,20-23H,1-4H3;/q-2;+2. The van der Waals surface area contributed by atoms with Crippen LogP contribution in [0.25, 0.3) is 11.4 Å². The first-order valence-corrected chi connectivity index (χ1v) is 12.0. The third-order valence-electron chi connectivity index (χ3n) is 5.95. The minimum absolute atomic E-state index is 0. The van der Waals surface area contributed by atoms with Gasteiger partial charge in [0.1, 0.15) is 0 Å². The van der Waals surface area contributed by atoms with Crippen LogP contribution in [0.4, 0.5) is 17.3 Å². The molecule has 0 atom stereocenters. The van der Waals surface area contributed by atoms with Crippen LogP contribution in [-0.4, -0.2) is 19.6 Å². The number of hydrogen-bond donors (Lipinski definition) is 0. The molecule has 36 heavy (non-hydrogen) atoms. The number of anilines is 3. The van der Waals surface area contributed by atoms with E-state index in [1.165, 1.54) is 0 Å². The third-order valence-corrected chi connectivity index (χ3v) is 5.95. The van der Waals surface area contributed by atoms with Crippen molar-refractivity contribution < 1.29 is 21.1 Å². The first-order chi connectivity index (χ1) is 17.0. The second kappa shape index (κ2) is 11.1. The summed E-state index contributed by atoms with van der Waals surface area (Å²) in [7, 11) is 0. The number of rotatable bonds is 7. The molecule has 3 aromatic carbocycles. The van der Waals surface area contributed by atoms with Gasteiger partial charge in [0, 0.05) is 29.2 Å². The average molecular weight is 655 g/mol. The zero-order valence-corrected chi connectivity index (χ0v) is 23.1. The largest absolute Gasteiger partial charge is 2.00 e. The number of benzene rings is 3. The van der Waals surface area contributed by atoms with Crippen molar-refractivity contribution in [3.8, 4) is 11.4 Å². The predicted octanol–water partition coefficient (Wildman–Crippen LogP) is 7.37. The van der Waals surface area contributed by atoms with Crippen molar-refractivity contribution in [2.75, 3.05) is 4.90 Å². The summed E-state index contributed by atoms with van der Waals surface area (Å²) in [6.45, 7) is 8.74. The summed E-state index contributed by atoms with van der Waals surface area (Å²) in [5.74, 6) is 2.19. The molecule has 2 heterocycles. The van der Waals surface area contributed by atoms with E-state index in [-0.39, 0.29) is 32.9 Å². The van der Waals surface area contributed by atoms with Crippen molar-refractivity contribution >= 4 is 17.3 Å². The molecule has 0 fully saturated rings. The second-order valence-electron chi connectivity index (χ2n) is 9.15. The molecular weight excluding hydrogens is 625 g/mol. The molecule has 6 heteroatoms. The molecule has 0 aliphatic heterocycles. The van der Waals surface area contributed by atoms with Gasteiger partial charge in [0.2, 0.25) is 0 Å². The normalized spacial score (nSPS) is 11.1. The van der Waals surface area contributed by atoms with E-state index < -0.39 is 0 Å². The summed E-state index contributed by atoms with van der Waals surface area (Å²) in [6.07, 6.45) is 0. The molecule has 0 amide bonds. The minimum atomic E-state index is 0. The maximum atomic E-state index is 5.07. The number of aromatic nitrogens is 4. The molecule has 0 spiro atoms. The summed E-state index contributed by atoms with van der Waals surface area (Å²) >= 11 is 0. The zero-order valence-electron chi connectivity index (χ0n) is 20.9. The van der Waals surface area contributed by atoms with Crippen LogP contribution >= 0.6 is 0 Å². The summed E-state index contributed by atoms with van der Waals surface area (Å²) < 4.78 is 3.97. The topological polar surface area (TPSA) is 38.9 Å². The van der Waals surface area contributed by atoms with Gasteiger partial charge in [-0.05, 0) is 35.3 Å². The molecule has 0 radical (unpaired) electrons. The van der Waals surface area contributed by atoms with Gasteiger partial charge in [-0.15, -0.1) is 12.1 Å². The molecule has 0 saturated heterocycles. The Kier molecular flexibility index (Phi) is 7.90. The summed E-state index contributed by atoms with van der Waals surface area (Å²) in [4.78, 5) is 2.12. The van der Waals surface area contributed by atoms with Crippen LogP contribution in [0.3, 0.4) is 0 Å². The van der Waals surface area contributed by atoms with Gasteiger partial charge in [-0.3, -0.25) is 14.3 Å². The summed E-state index contributed by atoms with van der Waals surface area (Å²) in [5, 5.41) is 10.1. The van der Waals surface area contributed by atoms with E-state index in [1.807, 2.05) is 76.1 Å². The van der Waals surface area contributed by atoms with Crippen LogP contribution in [0.5, 0.6) is 0 Å². The second-order valence-corrected chi connectivity index (χ2v) is 9.15. The maximum absolute atomic E-state index is 5.07. The monoisotopic (exact) mass is 654 g/mol. The van der Waals surface area contributed by atoms with Crippen LogP contribution in [0.2, 0.25) is 0 Å². The summed E-state index contributed by atoms with van der Waals surface area (Å²) in [6, 6.07) is 37.1. The van der Waals surface area contributed by atoms with E-state index in [1.54, 1.807) is 0 Å². The van der Waals surface area contributed by atoms with Gasteiger partial charge >= 0.3 is 21.1 Å². The molecule has 2 aromatic heterocycles. The van der Waals surface area contributed by atoms with Crippen molar-refractivity contribution in [2.45, 2.75) is 39.5 Å². The Morgan fingerprint density at radius 3 is 1.47 bits per heavy atom. The molecule has 0 bridgehead atoms. The Morgan fingerprint density at radius 2 is 1.08 bits per heavy atom. The van der Waals surface area contributed by atoms with Crippen molar-refractivity contribution in [2.24, 2.45) is 0 Å². The molecule has 5 rings (SSSR count). The SMILES string of the molecule is CC(C)c1cc(N(c2ccccc2)c2cc(C(C)C)n(-c3[c-]cccc3)n2)nn1-c1[c-]cccc1.[Pt+2]. The van der Waals surface area contributed by atoms with Crippen molar-refractivity contribution in [3.63, 3.8) is 0 Å². The Hall–Kier alpha value is -3.43. The maximum Gasteiger partial charge on any atom is 2.00 e. The van der Waals surface area contributed by atoms with Gasteiger partial charge in [-0.1, -0.05) is 45.9 Å². The first-order valence-electron chi connectivity index (χ1n) is 12.0. The Morgan fingerprint density at radius 1 is 0.639 bits per heavy atom. The molecule has 0 saturated carbocycles. The Bertz CT molecular complexity index is 1300. The van der Waals surface area contributed by atoms with Crippen LogP contribution in [0, 0.1) is 12.1 Å². The van der Waals surface area contributed by atoms with Crippen LogP contribution in [0.15, 0.2) is 91.0 Å². The molecule has 0 aliphatic carbocycles. The zero-order chi connectivity index (χ0) is 24.4. The third kappa shape index (κ3) is 5.07. The van der Waals surface area contributed by atoms with E-state index in [2.05, 4.69) is 69.0 Å².